The number of aromatic nitrogens is 1. The number of nitrogens with zero attached hydrogens (tertiary/aromatic N) is 3. The summed E-state index contributed by atoms with van der Waals surface area (Å²) in [5, 5.41) is 7.17. The lowest BCUT2D eigenvalue weighted by Gasteiger charge is -2.23. The molecule has 0 spiro atoms. The molecule has 6 heteroatoms. The Kier molecular flexibility index (Phi) is 7.22. The molecule has 3 aromatic rings. The molecule has 0 amide bonds. The van der Waals surface area contributed by atoms with Crippen LogP contribution in [0.5, 0.6) is 11.5 Å². The van der Waals surface area contributed by atoms with Crippen molar-refractivity contribution in [3.05, 3.63) is 76.9 Å². The van der Waals surface area contributed by atoms with Crippen LogP contribution in [-0.2, 0) is 0 Å². The van der Waals surface area contributed by atoms with Gasteiger partial charge < -0.3 is 9.47 Å². The smallest absolute Gasteiger partial charge is 0.206 e. The highest BCUT2D eigenvalue weighted by Crippen LogP contribution is 2.35. The predicted octanol–water partition coefficient (Wildman–Crippen LogP) is 5.88. The Morgan fingerprint density at radius 2 is 1.88 bits per heavy atom. The number of ether oxygens (including phenoxy) is 2. The second-order valence-corrected chi connectivity index (χ2v) is 8.60. The third kappa shape index (κ3) is 4.86. The average Bonchev–Trinajstić information content (AvgIpc) is 3.25. The summed E-state index contributed by atoms with van der Waals surface area (Å²) in [6.07, 6.45) is 6.00. The molecule has 4 rings (SSSR count). The van der Waals surface area contributed by atoms with Crippen molar-refractivity contribution in [1.82, 2.24) is 4.68 Å². The van der Waals surface area contributed by atoms with Crippen LogP contribution in [0.3, 0.4) is 0 Å². The molecular weight excluding hydrogens is 418 g/mol. The van der Waals surface area contributed by atoms with Gasteiger partial charge >= 0.3 is 0 Å². The quantitative estimate of drug-likeness (QED) is 0.425. The lowest BCUT2D eigenvalue weighted by atomic mass is 9.83. The summed E-state index contributed by atoms with van der Waals surface area (Å²) in [6.45, 7) is 4.35. The number of benzene rings is 2. The normalized spacial score (nSPS) is 16.6. The molecule has 1 aliphatic rings. The molecule has 2 aromatic carbocycles. The monoisotopic (exact) mass is 447 g/mol. The molecular formula is C26H29N3O2S. The summed E-state index contributed by atoms with van der Waals surface area (Å²) in [5.41, 5.74) is 4.52. The van der Waals surface area contributed by atoms with Crippen LogP contribution in [0.15, 0.2) is 76.7 Å². The summed E-state index contributed by atoms with van der Waals surface area (Å²) < 4.78 is 13.1. The van der Waals surface area contributed by atoms with E-state index in [1.54, 1.807) is 31.6 Å². The van der Waals surface area contributed by atoms with E-state index in [0.717, 1.165) is 53.2 Å². The van der Waals surface area contributed by atoms with Gasteiger partial charge in [-0.25, -0.2) is 4.68 Å². The Labute approximate surface area is 193 Å². The van der Waals surface area contributed by atoms with Gasteiger partial charge in [0.15, 0.2) is 0 Å². The summed E-state index contributed by atoms with van der Waals surface area (Å²) in [4.78, 5) is 5.53. The Bertz CT molecular complexity index is 1150. The lowest BCUT2D eigenvalue weighted by molar-refractivity contribution is 0.404. The van der Waals surface area contributed by atoms with Crippen LogP contribution in [0, 0.1) is 0 Å². The van der Waals surface area contributed by atoms with Gasteiger partial charge in [0.05, 0.1) is 26.5 Å². The van der Waals surface area contributed by atoms with Crippen molar-refractivity contribution in [2.45, 2.75) is 31.6 Å². The van der Waals surface area contributed by atoms with Crippen LogP contribution in [0.2, 0.25) is 0 Å². The maximum Gasteiger partial charge on any atom is 0.206 e. The summed E-state index contributed by atoms with van der Waals surface area (Å²) in [5.74, 6) is 2.16. The molecule has 1 saturated carbocycles. The maximum absolute atomic E-state index is 5.64. The first-order valence-corrected chi connectivity index (χ1v) is 11.8. The number of rotatable bonds is 7. The van der Waals surface area contributed by atoms with Gasteiger partial charge in [-0.2, -0.15) is 5.10 Å². The molecule has 5 nitrogen and oxygen atoms in total. The summed E-state index contributed by atoms with van der Waals surface area (Å²) in [6, 6.07) is 16.6. The Morgan fingerprint density at radius 3 is 2.56 bits per heavy atom. The Hall–Kier alpha value is -3.12. The molecule has 1 aliphatic carbocycles. The minimum atomic E-state index is 0.552. The third-order valence-corrected chi connectivity index (χ3v) is 6.65. The minimum Gasteiger partial charge on any atom is -0.497 e. The number of hydrogen-bond donors (Lipinski definition) is 0. The SMILES string of the molecule is C=CCN=c1scc(-c2cc(OC)ccc2OC)n1N=C1CCC(c2ccccc2)CC1. The number of thiazole rings is 1. The second kappa shape index (κ2) is 10.5. The molecule has 0 radical (unpaired) electrons. The van der Waals surface area contributed by atoms with E-state index < -0.39 is 0 Å². The fraction of sp³-hybridized carbons (Fsp3) is 0.308. The van der Waals surface area contributed by atoms with Gasteiger partial charge in [0.1, 0.15) is 11.5 Å². The summed E-state index contributed by atoms with van der Waals surface area (Å²) in [7, 11) is 3.35. The van der Waals surface area contributed by atoms with Gasteiger partial charge in [-0.3, -0.25) is 4.99 Å². The first-order chi connectivity index (χ1) is 15.7. The van der Waals surface area contributed by atoms with Crippen molar-refractivity contribution in [2.75, 3.05) is 20.8 Å². The highest BCUT2D eigenvalue weighted by molar-refractivity contribution is 7.07. The highest BCUT2D eigenvalue weighted by atomic mass is 32.1. The Balaban J connectivity index is 1.69. The van der Waals surface area contributed by atoms with Gasteiger partial charge in [0.25, 0.3) is 0 Å². The first-order valence-electron chi connectivity index (χ1n) is 10.9. The molecule has 0 atom stereocenters. The zero-order valence-electron chi connectivity index (χ0n) is 18.7. The van der Waals surface area contributed by atoms with Gasteiger partial charge in [-0.05, 0) is 55.4 Å². The van der Waals surface area contributed by atoms with Gasteiger partial charge in [-0.1, -0.05) is 36.4 Å². The van der Waals surface area contributed by atoms with E-state index in [-0.39, 0.29) is 0 Å². The van der Waals surface area contributed by atoms with Crippen LogP contribution < -0.4 is 14.3 Å². The fourth-order valence-electron chi connectivity index (χ4n) is 4.10. The van der Waals surface area contributed by atoms with E-state index in [1.165, 1.54) is 11.3 Å². The summed E-state index contributed by atoms with van der Waals surface area (Å²) >= 11 is 1.57. The van der Waals surface area contributed by atoms with Crippen LogP contribution in [0.1, 0.15) is 37.2 Å². The molecule has 1 fully saturated rings. The third-order valence-electron chi connectivity index (χ3n) is 5.80. The minimum absolute atomic E-state index is 0.552. The molecule has 0 N–H and O–H groups in total. The highest BCUT2D eigenvalue weighted by Gasteiger charge is 2.20. The lowest BCUT2D eigenvalue weighted by Crippen LogP contribution is -2.18. The zero-order chi connectivity index (χ0) is 22.3. The molecule has 0 aliphatic heterocycles. The molecule has 0 saturated heterocycles. The molecule has 0 bridgehead atoms. The molecule has 166 valence electrons. The van der Waals surface area contributed by atoms with Crippen molar-refractivity contribution in [3.8, 4) is 22.8 Å². The molecule has 32 heavy (non-hydrogen) atoms. The van der Waals surface area contributed by atoms with E-state index in [1.807, 2.05) is 22.9 Å². The van der Waals surface area contributed by atoms with Crippen LogP contribution in [0.4, 0.5) is 0 Å². The number of hydrogen-bond acceptors (Lipinski definition) is 5. The van der Waals surface area contributed by atoms with Crippen LogP contribution >= 0.6 is 11.3 Å². The van der Waals surface area contributed by atoms with E-state index >= 15 is 0 Å². The van der Waals surface area contributed by atoms with E-state index in [9.17, 15) is 0 Å². The molecule has 1 aromatic heterocycles. The molecule has 1 heterocycles. The first kappa shape index (κ1) is 22.1. The van der Waals surface area contributed by atoms with Crippen molar-refractivity contribution in [1.29, 1.82) is 0 Å². The maximum atomic E-state index is 5.64. The van der Waals surface area contributed by atoms with Gasteiger partial charge in [0, 0.05) is 16.7 Å². The van der Waals surface area contributed by atoms with Gasteiger partial charge in [0.2, 0.25) is 4.80 Å². The zero-order valence-corrected chi connectivity index (χ0v) is 19.5. The second-order valence-electron chi connectivity index (χ2n) is 7.76. The fourth-order valence-corrected chi connectivity index (χ4v) is 4.93. The van der Waals surface area contributed by atoms with Crippen LogP contribution in [-0.4, -0.2) is 31.2 Å². The van der Waals surface area contributed by atoms with E-state index in [0.29, 0.717) is 12.5 Å². The topological polar surface area (TPSA) is 48.1 Å². The van der Waals surface area contributed by atoms with Gasteiger partial charge in [-0.15, -0.1) is 17.9 Å². The average molecular weight is 448 g/mol. The van der Waals surface area contributed by atoms with Crippen molar-refractivity contribution in [3.63, 3.8) is 0 Å². The van der Waals surface area contributed by atoms with Crippen LogP contribution in [0.25, 0.3) is 11.3 Å². The van der Waals surface area contributed by atoms with Crippen molar-refractivity contribution >= 4 is 17.0 Å². The standard InChI is InChI=1S/C26H29N3O2S/c1-4-16-27-26-29(24(18-32-26)23-17-22(30-2)14-15-25(23)31-3)28-21-12-10-20(11-13-21)19-8-6-5-7-9-19/h4-9,14-15,17-18,20H,1,10-13,16H2,2-3H3. The van der Waals surface area contributed by atoms with E-state index in [2.05, 4.69) is 47.3 Å². The van der Waals surface area contributed by atoms with E-state index in [4.69, 9.17) is 14.6 Å². The predicted molar refractivity (Wildman–Crippen MR) is 132 cm³/mol. The van der Waals surface area contributed by atoms with Crippen molar-refractivity contribution < 1.29 is 9.47 Å². The van der Waals surface area contributed by atoms with Crippen molar-refractivity contribution in [2.24, 2.45) is 10.1 Å². The molecule has 0 unspecified atom stereocenters. The largest absolute Gasteiger partial charge is 0.497 e. The Morgan fingerprint density at radius 1 is 1.09 bits per heavy atom. The number of methoxy groups -OCH3 is 2.